The first-order valence-electron chi connectivity index (χ1n) is 12.3. The molecule has 0 saturated heterocycles. The van der Waals surface area contributed by atoms with E-state index in [9.17, 15) is 19.2 Å². The van der Waals surface area contributed by atoms with Crippen molar-refractivity contribution in [1.82, 2.24) is 29.7 Å². The molecule has 12 heteroatoms. The quantitative estimate of drug-likeness (QED) is 0.338. The summed E-state index contributed by atoms with van der Waals surface area (Å²) in [6.45, 7) is 4.11. The lowest BCUT2D eigenvalue weighted by Gasteiger charge is -2.17. The van der Waals surface area contributed by atoms with E-state index in [4.69, 9.17) is 0 Å². The van der Waals surface area contributed by atoms with Gasteiger partial charge in [0.15, 0.2) is 0 Å². The normalized spacial score (nSPS) is 11.7. The molecule has 3 heterocycles. The Morgan fingerprint density at radius 2 is 2.00 bits per heavy atom. The summed E-state index contributed by atoms with van der Waals surface area (Å²) in [6.07, 6.45) is 9.71. The van der Waals surface area contributed by atoms with E-state index in [-0.39, 0.29) is 24.6 Å². The van der Waals surface area contributed by atoms with E-state index in [2.05, 4.69) is 30.3 Å². The number of likely N-dealkylation sites (N-methyl/N-ethyl adjacent to an activating group) is 1. The summed E-state index contributed by atoms with van der Waals surface area (Å²) >= 11 is 0. The molecule has 3 aromatic heterocycles. The minimum Gasteiger partial charge on any atom is -0.453 e. The Balaban J connectivity index is 1.77. The Labute approximate surface area is 225 Å². The molecule has 3 N–H and O–H groups in total. The zero-order chi connectivity index (χ0) is 28.5. The number of alkyl carbamates (subject to hydrolysis) is 1. The van der Waals surface area contributed by atoms with Crippen molar-refractivity contribution in [2.45, 2.75) is 39.3 Å². The third kappa shape index (κ3) is 7.87. The Bertz CT molecular complexity index is 1460. The van der Waals surface area contributed by atoms with Gasteiger partial charge in [-0.05, 0) is 44.9 Å². The number of hydrogen-bond acceptors (Lipinski definition) is 7. The number of H-pyrrole nitrogens is 1. The highest BCUT2D eigenvalue weighted by molar-refractivity contribution is 5.96. The van der Waals surface area contributed by atoms with Crippen LogP contribution in [-0.4, -0.2) is 69.6 Å². The van der Waals surface area contributed by atoms with Crippen LogP contribution in [0.25, 0.3) is 17.1 Å². The van der Waals surface area contributed by atoms with Gasteiger partial charge >= 0.3 is 6.09 Å². The van der Waals surface area contributed by atoms with Gasteiger partial charge in [-0.3, -0.25) is 19.4 Å². The number of aromatic nitrogens is 4. The van der Waals surface area contributed by atoms with Crippen LogP contribution in [-0.2, 0) is 20.9 Å². The smallest absolute Gasteiger partial charge is 0.407 e. The van der Waals surface area contributed by atoms with Crippen LogP contribution < -0.4 is 16.2 Å². The number of rotatable bonds is 10. The number of pyridine rings is 2. The maximum atomic E-state index is 13.2. The topological polar surface area (TPSA) is 151 Å². The zero-order valence-electron chi connectivity index (χ0n) is 22.6. The molecule has 12 nitrogen and oxygen atoms in total. The van der Waals surface area contributed by atoms with Gasteiger partial charge in [-0.1, -0.05) is 17.7 Å². The molecule has 0 spiro atoms. The molecule has 0 unspecified atom stereocenters. The van der Waals surface area contributed by atoms with Crippen molar-refractivity contribution < 1.29 is 19.1 Å². The molecule has 0 aliphatic rings. The molecular formula is C27H33N7O5. The van der Waals surface area contributed by atoms with Crippen molar-refractivity contribution in [3.05, 3.63) is 70.2 Å². The molecule has 0 fully saturated rings. The van der Waals surface area contributed by atoms with Crippen LogP contribution in [0.5, 0.6) is 0 Å². The van der Waals surface area contributed by atoms with Crippen LogP contribution in [0.1, 0.15) is 38.1 Å². The number of nitrogens with one attached hydrogen (secondary N) is 3. The summed E-state index contributed by atoms with van der Waals surface area (Å²) in [4.78, 5) is 63.2. The maximum absolute atomic E-state index is 13.2. The Morgan fingerprint density at radius 1 is 1.23 bits per heavy atom. The lowest BCUT2D eigenvalue weighted by atomic mass is 10.1. The molecule has 206 valence electrons. The maximum Gasteiger partial charge on any atom is 0.407 e. The molecule has 0 bridgehead atoms. The fourth-order valence-corrected chi connectivity index (χ4v) is 3.70. The number of imidazole rings is 1. The molecule has 1 atom stereocenters. The summed E-state index contributed by atoms with van der Waals surface area (Å²) in [5.74, 6) is -0.240. The minimum atomic E-state index is -0.999. The van der Waals surface area contributed by atoms with Gasteiger partial charge < -0.3 is 29.8 Å². The van der Waals surface area contributed by atoms with Crippen molar-refractivity contribution in [2.24, 2.45) is 0 Å². The van der Waals surface area contributed by atoms with Gasteiger partial charge in [-0.2, -0.15) is 0 Å². The van der Waals surface area contributed by atoms with Gasteiger partial charge in [0, 0.05) is 32.1 Å². The molecular weight excluding hydrogens is 502 g/mol. The van der Waals surface area contributed by atoms with Crippen molar-refractivity contribution >= 4 is 40.7 Å². The summed E-state index contributed by atoms with van der Waals surface area (Å²) in [5, 5.41) is 5.07. The van der Waals surface area contributed by atoms with Gasteiger partial charge in [-0.25, -0.2) is 9.78 Å². The number of fused-ring (bicyclic) bond motifs is 1. The third-order valence-corrected chi connectivity index (χ3v) is 5.63. The number of carbonyl (C=O) groups is 3. The van der Waals surface area contributed by atoms with E-state index in [0.29, 0.717) is 12.2 Å². The first kappa shape index (κ1) is 28.8. The van der Waals surface area contributed by atoms with Crippen LogP contribution in [0.4, 0.5) is 10.5 Å². The second-order valence-corrected chi connectivity index (χ2v) is 9.28. The molecule has 0 aromatic carbocycles. The standard InChI is InChI=1S/C27H33N7O5/c1-17(2)13-18-14-28-15-21-24(18)32-22(29-21)16-34-12-8-10-20(26(34)37)30-25(36)19(31-27(38)39-5)9-6-7-11-23(35)33(3)4/h7-8,10-15,19H,6,9,16H2,1-5H3,(H,29,32)(H,30,36)(H,31,38)/b11-7+/t19-/m0/s1. The molecule has 0 saturated carbocycles. The average molecular weight is 536 g/mol. The van der Waals surface area contributed by atoms with E-state index < -0.39 is 23.6 Å². The second kappa shape index (κ2) is 13.2. The predicted octanol–water partition coefficient (Wildman–Crippen LogP) is 2.68. The van der Waals surface area contributed by atoms with Crippen molar-refractivity contribution in [2.75, 3.05) is 26.5 Å². The van der Waals surface area contributed by atoms with E-state index >= 15 is 0 Å². The van der Waals surface area contributed by atoms with Gasteiger partial charge in [0.1, 0.15) is 17.6 Å². The fraction of sp³-hybridized carbons (Fsp3) is 0.333. The number of ether oxygens (including phenoxy) is 1. The largest absolute Gasteiger partial charge is 0.453 e. The fourth-order valence-electron chi connectivity index (χ4n) is 3.70. The number of methoxy groups -OCH3 is 1. The molecule has 3 amide bonds. The number of allylic oxidation sites excluding steroid dienone is 2. The second-order valence-electron chi connectivity index (χ2n) is 9.28. The minimum absolute atomic E-state index is 0.0421. The Morgan fingerprint density at radius 3 is 2.69 bits per heavy atom. The Hall–Kier alpha value is -4.74. The molecule has 3 rings (SSSR count). The van der Waals surface area contributed by atoms with Crippen molar-refractivity contribution in [1.29, 1.82) is 0 Å². The summed E-state index contributed by atoms with van der Waals surface area (Å²) in [7, 11) is 4.44. The van der Waals surface area contributed by atoms with E-state index in [1.54, 1.807) is 44.8 Å². The van der Waals surface area contributed by atoms with Crippen LogP contribution in [0.2, 0.25) is 0 Å². The highest BCUT2D eigenvalue weighted by Crippen LogP contribution is 2.18. The van der Waals surface area contributed by atoms with Crippen LogP contribution in [0, 0.1) is 0 Å². The molecule has 3 aromatic rings. The molecule has 39 heavy (non-hydrogen) atoms. The number of carbonyl (C=O) groups excluding carboxylic acids is 3. The number of nitrogens with zero attached hydrogens (tertiary/aromatic N) is 4. The van der Waals surface area contributed by atoms with Gasteiger partial charge in [0.05, 0.1) is 30.9 Å². The van der Waals surface area contributed by atoms with E-state index in [1.165, 1.54) is 28.7 Å². The first-order chi connectivity index (χ1) is 18.6. The number of aromatic amines is 1. The summed E-state index contributed by atoms with van der Waals surface area (Å²) in [6, 6.07) is 2.12. The zero-order valence-corrected chi connectivity index (χ0v) is 22.6. The number of amides is 3. The Kier molecular flexibility index (Phi) is 9.74. The number of hydrogen-bond donors (Lipinski definition) is 3. The predicted molar refractivity (Wildman–Crippen MR) is 148 cm³/mol. The van der Waals surface area contributed by atoms with Gasteiger partial charge in [0.2, 0.25) is 11.8 Å². The van der Waals surface area contributed by atoms with Gasteiger partial charge in [-0.15, -0.1) is 0 Å². The number of anilines is 1. The molecule has 0 radical (unpaired) electrons. The molecule has 0 aliphatic carbocycles. The van der Waals surface area contributed by atoms with Crippen molar-refractivity contribution in [3.63, 3.8) is 0 Å². The van der Waals surface area contributed by atoms with Gasteiger partial charge in [0.25, 0.3) is 5.56 Å². The van der Waals surface area contributed by atoms with Crippen LogP contribution >= 0.6 is 0 Å². The van der Waals surface area contributed by atoms with Crippen LogP contribution in [0.15, 0.2) is 53.2 Å². The third-order valence-electron chi connectivity index (χ3n) is 5.63. The summed E-state index contributed by atoms with van der Waals surface area (Å²) in [5.41, 5.74) is 3.06. The molecule has 0 aliphatic heterocycles. The highest BCUT2D eigenvalue weighted by atomic mass is 16.5. The lowest BCUT2D eigenvalue weighted by molar-refractivity contribution is -0.123. The first-order valence-corrected chi connectivity index (χ1v) is 12.3. The SMILES string of the molecule is COC(=O)N[C@@H](CC/C=C/C(=O)N(C)C)C(=O)Nc1cccn(Cc2nc3c(C=C(C)C)cncc3[nH]2)c1=O. The van der Waals surface area contributed by atoms with E-state index in [1.807, 2.05) is 19.9 Å². The monoisotopic (exact) mass is 535 g/mol. The summed E-state index contributed by atoms with van der Waals surface area (Å²) < 4.78 is 6.04. The highest BCUT2D eigenvalue weighted by Gasteiger charge is 2.22. The van der Waals surface area contributed by atoms with Crippen molar-refractivity contribution in [3.8, 4) is 0 Å². The van der Waals surface area contributed by atoms with E-state index in [0.717, 1.165) is 22.2 Å². The van der Waals surface area contributed by atoms with Crippen LogP contribution in [0.3, 0.4) is 0 Å². The average Bonchev–Trinajstić information content (AvgIpc) is 3.31. The lowest BCUT2D eigenvalue weighted by Crippen LogP contribution is -2.44.